The number of sulfonamides is 1. The number of carbonyl (C=O) groups is 2. The van der Waals surface area contributed by atoms with Gasteiger partial charge in [0.1, 0.15) is 0 Å². The largest absolute Gasteiger partial charge is 0.329 e. The van der Waals surface area contributed by atoms with E-state index in [2.05, 4.69) is 5.32 Å². The lowest BCUT2D eigenvalue weighted by Crippen LogP contribution is -2.62. The average Bonchev–Trinajstić information content (AvgIpc) is 2.67. The van der Waals surface area contributed by atoms with Crippen LogP contribution >= 0.6 is 0 Å². The summed E-state index contributed by atoms with van der Waals surface area (Å²) in [7, 11) is -3.61. The molecule has 0 bridgehead atoms. The first-order valence-corrected chi connectivity index (χ1v) is 8.83. The quantitative estimate of drug-likeness (QED) is 0.816. The maximum atomic E-state index is 12.8. The fourth-order valence-electron chi connectivity index (χ4n) is 3.28. The molecule has 2 saturated heterocycles. The maximum absolute atomic E-state index is 12.8. The van der Waals surface area contributed by atoms with Gasteiger partial charge in [0.05, 0.1) is 17.5 Å². The summed E-state index contributed by atoms with van der Waals surface area (Å²) in [5.74, 6) is -0.306. The van der Waals surface area contributed by atoms with Crippen LogP contribution in [0.4, 0.5) is 4.79 Å². The molecule has 3 rings (SSSR count). The van der Waals surface area contributed by atoms with Crippen molar-refractivity contribution in [3.05, 3.63) is 28.8 Å². The Morgan fingerprint density at radius 2 is 1.65 bits per heavy atom. The van der Waals surface area contributed by atoms with Crippen LogP contribution in [-0.4, -0.2) is 55.2 Å². The molecule has 1 N–H and O–H groups in total. The van der Waals surface area contributed by atoms with Crippen molar-refractivity contribution in [3.63, 3.8) is 0 Å². The molecule has 2 fully saturated rings. The molecule has 23 heavy (non-hydrogen) atoms. The summed E-state index contributed by atoms with van der Waals surface area (Å²) in [6, 6.07) is 2.86. The van der Waals surface area contributed by atoms with Gasteiger partial charge in [-0.1, -0.05) is 17.7 Å². The molecule has 8 heteroatoms. The van der Waals surface area contributed by atoms with Crippen LogP contribution in [0, 0.1) is 20.8 Å². The van der Waals surface area contributed by atoms with Gasteiger partial charge in [-0.3, -0.25) is 9.69 Å². The standard InChI is InChI=1S/C15H19N3O4S/c1-9-4-10(2)14(11(3)5-9)23(21,22)17-7-12(8-17)18-13(19)6-16-15(18)20/h4-5,12H,6-8H2,1-3H3,(H,16,20). The number of benzene rings is 1. The molecule has 0 saturated carbocycles. The fourth-order valence-corrected chi connectivity index (χ4v) is 5.21. The monoisotopic (exact) mass is 337 g/mol. The molecule has 2 aliphatic rings. The van der Waals surface area contributed by atoms with Gasteiger partial charge in [-0.25, -0.2) is 13.2 Å². The van der Waals surface area contributed by atoms with Gasteiger partial charge < -0.3 is 5.32 Å². The van der Waals surface area contributed by atoms with Crippen molar-refractivity contribution in [1.29, 1.82) is 0 Å². The van der Waals surface area contributed by atoms with Crippen molar-refractivity contribution >= 4 is 22.0 Å². The van der Waals surface area contributed by atoms with Crippen LogP contribution in [0.1, 0.15) is 16.7 Å². The summed E-state index contributed by atoms with van der Waals surface area (Å²) in [5.41, 5.74) is 2.43. The van der Waals surface area contributed by atoms with E-state index in [1.807, 2.05) is 19.1 Å². The van der Waals surface area contributed by atoms with E-state index in [0.717, 1.165) is 10.5 Å². The van der Waals surface area contributed by atoms with Crippen LogP contribution < -0.4 is 5.32 Å². The highest BCUT2D eigenvalue weighted by molar-refractivity contribution is 7.89. The van der Waals surface area contributed by atoms with Crippen LogP contribution in [0.2, 0.25) is 0 Å². The number of aryl methyl sites for hydroxylation is 3. The predicted octanol–water partition coefficient (Wildman–Crippen LogP) is 0.537. The number of nitrogens with one attached hydrogen (secondary N) is 1. The third-order valence-electron chi connectivity index (χ3n) is 4.27. The van der Waals surface area contributed by atoms with E-state index in [1.54, 1.807) is 13.8 Å². The fraction of sp³-hybridized carbons (Fsp3) is 0.467. The lowest BCUT2D eigenvalue weighted by Gasteiger charge is -2.41. The maximum Gasteiger partial charge on any atom is 0.324 e. The van der Waals surface area contributed by atoms with Gasteiger partial charge in [0.25, 0.3) is 0 Å². The van der Waals surface area contributed by atoms with Crippen LogP contribution in [0.25, 0.3) is 0 Å². The molecule has 0 spiro atoms. The zero-order chi connectivity index (χ0) is 16.9. The number of amides is 3. The van der Waals surface area contributed by atoms with Crippen LogP contribution in [0.5, 0.6) is 0 Å². The summed E-state index contributed by atoms with van der Waals surface area (Å²) in [6.07, 6.45) is 0. The highest BCUT2D eigenvalue weighted by atomic mass is 32.2. The molecule has 0 unspecified atom stereocenters. The topological polar surface area (TPSA) is 86.8 Å². The van der Waals surface area contributed by atoms with Gasteiger partial charge in [-0.15, -0.1) is 0 Å². The van der Waals surface area contributed by atoms with E-state index in [-0.39, 0.29) is 31.6 Å². The van der Waals surface area contributed by atoms with Gasteiger partial charge in [0.2, 0.25) is 15.9 Å². The Bertz CT molecular complexity index is 758. The van der Waals surface area contributed by atoms with Crippen LogP contribution in [-0.2, 0) is 14.8 Å². The number of nitrogens with zero attached hydrogens (tertiary/aromatic N) is 2. The van der Waals surface area contributed by atoms with E-state index in [1.165, 1.54) is 4.31 Å². The minimum atomic E-state index is -3.61. The summed E-state index contributed by atoms with van der Waals surface area (Å²) in [6.45, 7) is 5.76. The first-order chi connectivity index (χ1) is 10.7. The highest BCUT2D eigenvalue weighted by Crippen LogP contribution is 2.30. The molecular weight excluding hydrogens is 318 g/mol. The molecule has 0 radical (unpaired) electrons. The smallest absolute Gasteiger partial charge is 0.324 e. The summed E-state index contributed by atoms with van der Waals surface area (Å²) in [5, 5.41) is 2.45. The van der Waals surface area contributed by atoms with E-state index in [0.29, 0.717) is 16.0 Å². The van der Waals surface area contributed by atoms with Crippen molar-refractivity contribution in [1.82, 2.24) is 14.5 Å². The Morgan fingerprint density at radius 3 is 2.13 bits per heavy atom. The van der Waals surface area contributed by atoms with Crippen molar-refractivity contribution in [2.45, 2.75) is 31.7 Å². The molecule has 3 amide bonds. The number of imide groups is 1. The van der Waals surface area contributed by atoms with E-state index in [4.69, 9.17) is 0 Å². The van der Waals surface area contributed by atoms with Crippen molar-refractivity contribution < 1.29 is 18.0 Å². The third kappa shape index (κ3) is 2.51. The van der Waals surface area contributed by atoms with Gasteiger partial charge >= 0.3 is 6.03 Å². The first-order valence-electron chi connectivity index (χ1n) is 7.39. The van der Waals surface area contributed by atoms with E-state index < -0.39 is 16.1 Å². The molecule has 7 nitrogen and oxygen atoms in total. The number of urea groups is 1. The van der Waals surface area contributed by atoms with E-state index >= 15 is 0 Å². The zero-order valence-electron chi connectivity index (χ0n) is 13.3. The lowest BCUT2D eigenvalue weighted by atomic mass is 10.1. The Hall–Kier alpha value is -1.93. The Kier molecular flexibility index (Phi) is 3.68. The van der Waals surface area contributed by atoms with E-state index in [9.17, 15) is 18.0 Å². The zero-order valence-corrected chi connectivity index (χ0v) is 14.1. The first kappa shape index (κ1) is 15.9. The molecular formula is C15H19N3O4S. The Labute approximate surface area is 135 Å². The number of hydrogen-bond donors (Lipinski definition) is 1. The van der Waals surface area contributed by atoms with Crippen molar-refractivity contribution in [2.24, 2.45) is 0 Å². The normalized spacial score (nSPS) is 19.9. The number of hydrogen-bond acceptors (Lipinski definition) is 4. The summed E-state index contributed by atoms with van der Waals surface area (Å²) >= 11 is 0. The molecule has 2 heterocycles. The van der Waals surface area contributed by atoms with Crippen LogP contribution in [0.15, 0.2) is 17.0 Å². The Morgan fingerprint density at radius 1 is 1.09 bits per heavy atom. The van der Waals surface area contributed by atoms with Crippen molar-refractivity contribution in [2.75, 3.05) is 19.6 Å². The second-order valence-corrected chi connectivity index (χ2v) is 8.00. The second kappa shape index (κ2) is 5.31. The highest BCUT2D eigenvalue weighted by Gasteiger charge is 2.46. The molecule has 1 aromatic rings. The molecule has 0 aliphatic carbocycles. The second-order valence-electron chi connectivity index (χ2n) is 6.13. The third-order valence-corrected chi connectivity index (χ3v) is 6.41. The molecule has 124 valence electrons. The minimum absolute atomic E-state index is 0.0156. The minimum Gasteiger partial charge on any atom is -0.329 e. The van der Waals surface area contributed by atoms with Gasteiger partial charge in [0.15, 0.2) is 0 Å². The number of rotatable bonds is 3. The molecule has 0 atom stereocenters. The molecule has 2 aliphatic heterocycles. The van der Waals surface area contributed by atoms with Gasteiger partial charge in [0, 0.05) is 13.1 Å². The number of carbonyl (C=O) groups excluding carboxylic acids is 2. The molecule has 0 aromatic heterocycles. The Balaban J connectivity index is 1.82. The van der Waals surface area contributed by atoms with Crippen LogP contribution in [0.3, 0.4) is 0 Å². The molecule has 1 aromatic carbocycles. The summed E-state index contributed by atoms with van der Waals surface area (Å²) < 4.78 is 26.9. The lowest BCUT2D eigenvalue weighted by molar-refractivity contribution is -0.128. The average molecular weight is 337 g/mol. The SMILES string of the molecule is Cc1cc(C)c(S(=O)(=O)N2CC(N3C(=O)CNC3=O)C2)c(C)c1. The summed E-state index contributed by atoms with van der Waals surface area (Å²) in [4.78, 5) is 24.7. The van der Waals surface area contributed by atoms with Gasteiger partial charge in [-0.2, -0.15) is 4.31 Å². The van der Waals surface area contributed by atoms with Gasteiger partial charge in [-0.05, 0) is 31.9 Å². The van der Waals surface area contributed by atoms with Crippen molar-refractivity contribution in [3.8, 4) is 0 Å². The predicted molar refractivity (Wildman–Crippen MR) is 83.4 cm³/mol.